The molecule has 0 bridgehead atoms. The molecule has 0 aromatic heterocycles. The number of nitrogens with zero attached hydrogens (tertiary/aromatic N) is 4. The van der Waals surface area contributed by atoms with Crippen molar-refractivity contribution in [1.82, 2.24) is 0 Å². The Morgan fingerprint density at radius 2 is 0.462 bits per heavy atom. The summed E-state index contributed by atoms with van der Waals surface area (Å²) < 4.78 is 0. The predicted molar refractivity (Wildman–Crippen MR) is 52.4 cm³/mol. The Morgan fingerprint density at radius 1 is 0.385 bits per heavy atom. The molecule has 0 aromatic carbocycles. The molecule has 0 spiro atoms. The Hall–Kier alpha value is 0.554. The van der Waals surface area contributed by atoms with Gasteiger partial charge in [-0.05, 0) is 0 Å². The second-order valence-corrected chi connectivity index (χ2v) is 2.68. The van der Waals surface area contributed by atoms with E-state index < -0.39 is 0 Å². The van der Waals surface area contributed by atoms with Crippen LogP contribution in [0.15, 0.2) is 0 Å². The van der Waals surface area contributed by atoms with Crippen LogP contribution >= 0.6 is 0 Å². The third-order valence-corrected chi connectivity index (χ3v) is 0.894. The summed E-state index contributed by atoms with van der Waals surface area (Å²) in [6, 6.07) is 0. The molecule has 4 fully saturated rings. The maximum Gasteiger partial charge on any atom is 4.00 e. The van der Waals surface area contributed by atoms with Gasteiger partial charge in [0.1, 0.15) is 0 Å². The molecule has 72 valence electrons. The molecule has 4 rings (SSSR count). The zero-order valence-corrected chi connectivity index (χ0v) is 9.51. The molecule has 4 heterocycles. The Kier molecular flexibility index (Phi) is 11.1. The van der Waals surface area contributed by atoms with Gasteiger partial charge in [-0.1, -0.05) is 0 Å². The maximum absolute atomic E-state index is 3.75. The third-order valence-electron chi connectivity index (χ3n) is 0.894. The van der Waals surface area contributed by atoms with E-state index in [0.29, 0.717) is 0 Å². The van der Waals surface area contributed by atoms with Crippen LogP contribution in [-0.2, 0) is 21.7 Å². The summed E-state index contributed by atoms with van der Waals surface area (Å²) in [7, 11) is 0. The van der Waals surface area contributed by atoms with E-state index in [1.807, 2.05) is 0 Å². The monoisotopic (exact) mass is 216 g/mol. The zero-order chi connectivity index (χ0) is 8.49. The van der Waals surface area contributed by atoms with Crippen molar-refractivity contribution in [2.24, 2.45) is 0 Å². The standard InChI is InChI=1S/4C2H4N.Ti/c4*1-2-3-1;/h4*1-2H2;/q4*-1;+4. The van der Waals surface area contributed by atoms with E-state index >= 15 is 0 Å². The van der Waals surface area contributed by atoms with Crippen molar-refractivity contribution in [2.75, 3.05) is 52.4 Å². The van der Waals surface area contributed by atoms with Crippen molar-refractivity contribution in [3.05, 3.63) is 21.3 Å². The minimum absolute atomic E-state index is 0. The Morgan fingerprint density at radius 3 is 0.462 bits per heavy atom. The van der Waals surface area contributed by atoms with Gasteiger partial charge in [0.2, 0.25) is 0 Å². The molecule has 0 unspecified atom stereocenters. The van der Waals surface area contributed by atoms with Crippen molar-refractivity contribution >= 4 is 0 Å². The minimum atomic E-state index is 0. The van der Waals surface area contributed by atoms with E-state index in [1.165, 1.54) is 0 Å². The molecule has 4 saturated heterocycles. The summed E-state index contributed by atoms with van der Waals surface area (Å²) in [4.78, 5) is 0. The Labute approximate surface area is 95.5 Å². The topological polar surface area (TPSA) is 56.4 Å². The van der Waals surface area contributed by atoms with Crippen LogP contribution in [0.1, 0.15) is 0 Å². The smallest absolute Gasteiger partial charge is 0.665 e. The molecule has 5 heteroatoms. The first-order chi connectivity index (χ1) is 6.00. The average molecular weight is 216 g/mol. The molecule has 0 aromatic rings. The van der Waals surface area contributed by atoms with Crippen molar-refractivity contribution in [2.45, 2.75) is 0 Å². The van der Waals surface area contributed by atoms with Gasteiger partial charge in [-0.3, -0.25) is 0 Å². The van der Waals surface area contributed by atoms with E-state index in [2.05, 4.69) is 21.3 Å². The largest absolute Gasteiger partial charge is 4.00 e. The van der Waals surface area contributed by atoms with Gasteiger partial charge in [-0.2, -0.15) is 52.4 Å². The van der Waals surface area contributed by atoms with Gasteiger partial charge in [0.15, 0.2) is 0 Å². The molecule has 0 amide bonds. The van der Waals surface area contributed by atoms with Crippen molar-refractivity contribution in [3.63, 3.8) is 0 Å². The molecule has 0 atom stereocenters. The van der Waals surface area contributed by atoms with Crippen LogP contribution in [0.4, 0.5) is 0 Å². The molecule has 4 aliphatic heterocycles. The van der Waals surface area contributed by atoms with Gasteiger partial charge in [-0.15, -0.1) is 0 Å². The minimum Gasteiger partial charge on any atom is -0.665 e. The number of rotatable bonds is 0. The van der Waals surface area contributed by atoms with E-state index in [1.54, 1.807) is 0 Å². The fraction of sp³-hybridized carbons (Fsp3) is 1.00. The van der Waals surface area contributed by atoms with Gasteiger partial charge in [0, 0.05) is 0 Å². The number of hydrogen-bond acceptors (Lipinski definition) is 0. The van der Waals surface area contributed by atoms with Crippen LogP contribution in [0.3, 0.4) is 0 Å². The summed E-state index contributed by atoms with van der Waals surface area (Å²) in [6.45, 7) is 9.00. The molecule has 0 N–H and O–H groups in total. The van der Waals surface area contributed by atoms with Gasteiger partial charge >= 0.3 is 21.7 Å². The van der Waals surface area contributed by atoms with Gasteiger partial charge in [0.05, 0.1) is 0 Å². The van der Waals surface area contributed by atoms with Crippen LogP contribution in [0.2, 0.25) is 0 Å². The van der Waals surface area contributed by atoms with Crippen LogP contribution in [0.5, 0.6) is 0 Å². The van der Waals surface area contributed by atoms with Gasteiger partial charge in [0.25, 0.3) is 0 Å². The maximum atomic E-state index is 3.75. The molecule has 0 radical (unpaired) electrons. The molecule has 13 heavy (non-hydrogen) atoms. The second-order valence-electron chi connectivity index (χ2n) is 2.68. The Bertz CT molecular complexity index is 59.1. The van der Waals surface area contributed by atoms with Crippen LogP contribution in [0.25, 0.3) is 21.3 Å². The zero-order valence-electron chi connectivity index (χ0n) is 7.95. The third kappa shape index (κ3) is 67.4. The second kappa shape index (κ2) is 10.6. The molecule has 0 saturated carbocycles. The first-order valence-electron chi connectivity index (χ1n) is 4.53. The fourth-order valence-electron chi connectivity index (χ4n) is 0. The van der Waals surface area contributed by atoms with Crippen molar-refractivity contribution in [3.8, 4) is 0 Å². The van der Waals surface area contributed by atoms with Crippen molar-refractivity contribution < 1.29 is 21.7 Å². The molecular weight excluding hydrogens is 200 g/mol. The normalized spacial score (nSPS) is 22.2. The average Bonchev–Trinajstić information content (AvgIpc) is 2.99. The summed E-state index contributed by atoms with van der Waals surface area (Å²) in [5.74, 6) is 0. The summed E-state index contributed by atoms with van der Waals surface area (Å²) in [5.41, 5.74) is 0. The molecule has 0 aliphatic carbocycles. The summed E-state index contributed by atoms with van der Waals surface area (Å²) in [6.07, 6.45) is 0. The SMILES string of the molecule is C1C[N-]1.C1C[N-]1.C1C[N-]1.C1C[N-]1.[Ti+4]. The fourth-order valence-corrected chi connectivity index (χ4v) is 0. The quantitative estimate of drug-likeness (QED) is 0.435. The predicted octanol–water partition coefficient (Wildman–Crippen LogP) is 1.49. The summed E-state index contributed by atoms with van der Waals surface area (Å²) >= 11 is 0. The Balaban J connectivity index is 0.000000144. The molecule has 4 aliphatic rings. The van der Waals surface area contributed by atoms with Gasteiger partial charge < -0.3 is 21.3 Å². The van der Waals surface area contributed by atoms with E-state index in [0.717, 1.165) is 52.4 Å². The molecule has 4 nitrogen and oxygen atoms in total. The van der Waals surface area contributed by atoms with Crippen LogP contribution in [0, 0.1) is 0 Å². The van der Waals surface area contributed by atoms with Crippen LogP contribution < -0.4 is 0 Å². The van der Waals surface area contributed by atoms with E-state index in [-0.39, 0.29) is 21.7 Å². The van der Waals surface area contributed by atoms with E-state index in [4.69, 9.17) is 0 Å². The first kappa shape index (κ1) is 13.6. The number of hydrogen-bond donors (Lipinski definition) is 0. The summed E-state index contributed by atoms with van der Waals surface area (Å²) in [5, 5.41) is 15.0. The van der Waals surface area contributed by atoms with Crippen LogP contribution in [-0.4, -0.2) is 52.4 Å². The van der Waals surface area contributed by atoms with Gasteiger partial charge in [-0.25, -0.2) is 0 Å². The first-order valence-corrected chi connectivity index (χ1v) is 4.53. The molecular formula is C8H16N4Ti. The van der Waals surface area contributed by atoms with Crippen molar-refractivity contribution in [1.29, 1.82) is 0 Å². The van der Waals surface area contributed by atoms with E-state index in [9.17, 15) is 0 Å².